The minimum Gasteiger partial charge on any atom is -0.333 e. The van der Waals surface area contributed by atoms with Gasteiger partial charge in [-0.05, 0) is 17.7 Å². The third kappa shape index (κ3) is 4.61. The zero-order valence-electron chi connectivity index (χ0n) is 11.3. The summed E-state index contributed by atoms with van der Waals surface area (Å²) in [5.41, 5.74) is 0.829. The lowest BCUT2D eigenvalue weighted by Gasteiger charge is -2.36. The first-order valence-corrected chi connectivity index (χ1v) is 7.07. The summed E-state index contributed by atoms with van der Waals surface area (Å²) in [5.74, 6) is -0.473. The highest BCUT2D eigenvalue weighted by molar-refractivity contribution is 6.30. The predicted octanol–water partition coefficient (Wildman–Crippen LogP) is 3.16. The van der Waals surface area contributed by atoms with Gasteiger partial charge in [0.15, 0.2) is 0 Å². The molecular formula is C14H16ClF3N2O. The third-order valence-corrected chi connectivity index (χ3v) is 3.65. The molecule has 0 aliphatic carbocycles. The molecule has 0 aromatic heterocycles. The quantitative estimate of drug-likeness (QED) is 0.928. The maximum Gasteiger partial charge on any atom is 0.389 e. The number of alkyl halides is 3. The SMILES string of the molecule is O=C(CCC(F)(F)F)N1CCNCC1c1cccc(Cl)c1. The lowest BCUT2D eigenvalue weighted by molar-refractivity contribution is -0.151. The molecule has 1 saturated heterocycles. The molecule has 0 saturated carbocycles. The monoisotopic (exact) mass is 320 g/mol. The van der Waals surface area contributed by atoms with E-state index >= 15 is 0 Å². The van der Waals surface area contributed by atoms with E-state index in [4.69, 9.17) is 11.6 Å². The van der Waals surface area contributed by atoms with Crippen LogP contribution in [0.5, 0.6) is 0 Å². The molecular weight excluding hydrogens is 305 g/mol. The number of nitrogens with one attached hydrogen (secondary N) is 1. The average Bonchev–Trinajstić information content (AvgIpc) is 2.44. The first-order valence-electron chi connectivity index (χ1n) is 6.69. The van der Waals surface area contributed by atoms with Crippen LogP contribution in [0.15, 0.2) is 24.3 Å². The second-order valence-electron chi connectivity index (χ2n) is 4.98. The van der Waals surface area contributed by atoms with Crippen LogP contribution in [0.25, 0.3) is 0 Å². The number of rotatable bonds is 3. The maximum atomic E-state index is 12.3. The fourth-order valence-corrected chi connectivity index (χ4v) is 2.61. The first kappa shape index (κ1) is 16.1. The first-order chi connectivity index (χ1) is 9.87. The van der Waals surface area contributed by atoms with Gasteiger partial charge in [-0.3, -0.25) is 4.79 Å². The molecule has 1 heterocycles. The highest BCUT2D eigenvalue weighted by atomic mass is 35.5. The molecule has 1 fully saturated rings. The van der Waals surface area contributed by atoms with Crippen molar-refractivity contribution < 1.29 is 18.0 Å². The van der Waals surface area contributed by atoms with Gasteiger partial charge in [0.1, 0.15) is 0 Å². The van der Waals surface area contributed by atoms with Gasteiger partial charge in [-0.15, -0.1) is 0 Å². The number of halogens is 4. The van der Waals surface area contributed by atoms with Gasteiger partial charge in [-0.25, -0.2) is 0 Å². The lowest BCUT2D eigenvalue weighted by Crippen LogP contribution is -2.48. The molecule has 1 aromatic carbocycles. The smallest absolute Gasteiger partial charge is 0.333 e. The minimum atomic E-state index is -4.31. The van der Waals surface area contributed by atoms with E-state index < -0.39 is 24.9 Å². The summed E-state index contributed by atoms with van der Waals surface area (Å²) in [6.07, 6.45) is -5.91. The Labute approximate surface area is 126 Å². The lowest BCUT2D eigenvalue weighted by atomic mass is 10.0. The molecule has 1 unspecified atom stereocenters. The number of carbonyl (C=O) groups is 1. The number of nitrogens with zero attached hydrogens (tertiary/aromatic N) is 1. The summed E-state index contributed by atoms with van der Waals surface area (Å²) < 4.78 is 36.8. The Morgan fingerprint density at radius 2 is 2.19 bits per heavy atom. The van der Waals surface area contributed by atoms with Crippen LogP contribution in [0, 0.1) is 0 Å². The van der Waals surface area contributed by atoms with Gasteiger partial charge in [0.25, 0.3) is 0 Å². The molecule has 1 aliphatic rings. The molecule has 1 amide bonds. The number of piperazine rings is 1. The molecule has 1 atom stereocenters. The van der Waals surface area contributed by atoms with E-state index in [-0.39, 0.29) is 6.04 Å². The van der Waals surface area contributed by atoms with Gasteiger partial charge in [-0.1, -0.05) is 23.7 Å². The summed E-state index contributed by atoms with van der Waals surface area (Å²) in [4.78, 5) is 13.6. The molecule has 0 bridgehead atoms. The molecule has 21 heavy (non-hydrogen) atoms. The van der Waals surface area contributed by atoms with Crippen LogP contribution < -0.4 is 5.32 Å². The van der Waals surface area contributed by atoms with Crippen LogP contribution in [-0.2, 0) is 4.79 Å². The van der Waals surface area contributed by atoms with Crippen LogP contribution in [-0.4, -0.2) is 36.6 Å². The topological polar surface area (TPSA) is 32.3 Å². The van der Waals surface area contributed by atoms with Crippen LogP contribution >= 0.6 is 11.6 Å². The van der Waals surface area contributed by atoms with Gasteiger partial charge in [0.2, 0.25) is 5.91 Å². The Hall–Kier alpha value is -1.27. The van der Waals surface area contributed by atoms with Gasteiger partial charge < -0.3 is 10.2 Å². The second kappa shape index (κ2) is 6.66. The van der Waals surface area contributed by atoms with Gasteiger partial charge in [0, 0.05) is 31.1 Å². The van der Waals surface area contributed by atoms with Crippen molar-refractivity contribution >= 4 is 17.5 Å². The van der Waals surface area contributed by atoms with E-state index in [1.165, 1.54) is 4.90 Å². The van der Waals surface area contributed by atoms with Crippen molar-refractivity contribution in [2.75, 3.05) is 19.6 Å². The fourth-order valence-electron chi connectivity index (χ4n) is 2.41. The number of benzene rings is 1. The zero-order valence-corrected chi connectivity index (χ0v) is 12.0. The number of amides is 1. The van der Waals surface area contributed by atoms with E-state index in [0.717, 1.165) is 5.56 Å². The van der Waals surface area contributed by atoms with Gasteiger partial charge in [0.05, 0.1) is 12.5 Å². The van der Waals surface area contributed by atoms with Gasteiger partial charge >= 0.3 is 6.18 Å². The van der Waals surface area contributed by atoms with E-state index in [9.17, 15) is 18.0 Å². The van der Waals surface area contributed by atoms with Crippen molar-refractivity contribution in [3.05, 3.63) is 34.9 Å². The fraction of sp³-hybridized carbons (Fsp3) is 0.500. The Morgan fingerprint density at radius 3 is 2.86 bits per heavy atom. The van der Waals surface area contributed by atoms with Crippen molar-refractivity contribution in [3.8, 4) is 0 Å². The maximum absolute atomic E-state index is 12.3. The van der Waals surface area contributed by atoms with E-state index in [2.05, 4.69) is 5.32 Å². The largest absolute Gasteiger partial charge is 0.389 e. The van der Waals surface area contributed by atoms with Crippen molar-refractivity contribution in [3.63, 3.8) is 0 Å². The molecule has 0 radical (unpaired) electrons. The second-order valence-corrected chi connectivity index (χ2v) is 5.41. The standard InChI is InChI=1S/C14H16ClF3N2O/c15-11-3-1-2-10(8-11)12-9-19-6-7-20(12)13(21)4-5-14(16,17)18/h1-3,8,12,19H,4-7,9H2. The normalized spacial score (nSPS) is 19.6. The van der Waals surface area contributed by atoms with Crippen molar-refractivity contribution in [2.45, 2.75) is 25.1 Å². The van der Waals surface area contributed by atoms with E-state index in [0.29, 0.717) is 24.7 Å². The average molecular weight is 321 g/mol. The Balaban J connectivity index is 2.10. The molecule has 7 heteroatoms. The molecule has 1 N–H and O–H groups in total. The van der Waals surface area contributed by atoms with E-state index in [1.807, 2.05) is 6.07 Å². The number of carbonyl (C=O) groups excluding carboxylic acids is 1. The third-order valence-electron chi connectivity index (χ3n) is 3.42. The minimum absolute atomic E-state index is 0.279. The Morgan fingerprint density at radius 1 is 1.43 bits per heavy atom. The summed E-state index contributed by atoms with van der Waals surface area (Å²) in [6.45, 7) is 1.49. The van der Waals surface area contributed by atoms with Crippen LogP contribution in [0.4, 0.5) is 13.2 Å². The molecule has 2 rings (SSSR count). The van der Waals surface area contributed by atoms with Crippen LogP contribution in [0.1, 0.15) is 24.4 Å². The Bertz CT molecular complexity index is 507. The summed E-state index contributed by atoms with van der Waals surface area (Å²) in [6, 6.07) is 6.77. The summed E-state index contributed by atoms with van der Waals surface area (Å²) in [5, 5.41) is 3.69. The van der Waals surface area contributed by atoms with Crippen LogP contribution in [0.2, 0.25) is 5.02 Å². The molecule has 0 spiro atoms. The molecule has 116 valence electrons. The van der Waals surface area contributed by atoms with Crippen molar-refractivity contribution in [2.24, 2.45) is 0 Å². The highest BCUT2D eigenvalue weighted by Gasteiger charge is 2.32. The van der Waals surface area contributed by atoms with Gasteiger partial charge in [-0.2, -0.15) is 13.2 Å². The Kier molecular flexibility index (Phi) is 5.11. The molecule has 1 aromatic rings. The predicted molar refractivity (Wildman–Crippen MR) is 74.1 cm³/mol. The van der Waals surface area contributed by atoms with Crippen LogP contribution in [0.3, 0.4) is 0 Å². The highest BCUT2D eigenvalue weighted by Crippen LogP contribution is 2.27. The summed E-state index contributed by atoms with van der Waals surface area (Å²) in [7, 11) is 0. The van der Waals surface area contributed by atoms with E-state index in [1.54, 1.807) is 18.2 Å². The number of hydrogen-bond donors (Lipinski definition) is 1. The molecule has 3 nitrogen and oxygen atoms in total. The van der Waals surface area contributed by atoms with Crippen molar-refractivity contribution in [1.29, 1.82) is 0 Å². The summed E-state index contributed by atoms with van der Waals surface area (Å²) >= 11 is 5.94. The number of hydrogen-bond acceptors (Lipinski definition) is 2. The zero-order chi connectivity index (χ0) is 15.5. The van der Waals surface area contributed by atoms with Crippen molar-refractivity contribution in [1.82, 2.24) is 10.2 Å². The molecule has 1 aliphatic heterocycles.